The third-order valence-corrected chi connectivity index (χ3v) is 4.78. The van der Waals surface area contributed by atoms with Crippen LogP contribution >= 0.6 is 0 Å². The minimum atomic E-state index is -3.71. The molecule has 20 heavy (non-hydrogen) atoms. The van der Waals surface area contributed by atoms with Crippen molar-refractivity contribution in [2.24, 2.45) is 5.92 Å². The number of sulfonamides is 1. The quantitative estimate of drug-likeness (QED) is 0.822. The zero-order valence-corrected chi connectivity index (χ0v) is 11.9. The highest BCUT2D eigenvalue weighted by atomic mass is 32.2. The first-order valence-corrected chi connectivity index (χ1v) is 7.84. The molecule has 0 spiro atoms. The van der Waals surface area contributed by atoms with Gasteiger partial charge >= 0.3 is 0 Å². The Hall–Kier alpha value is -1.42. The first-order valence-electron chi connectivity index (χ1n) is 6.35. The molecule has 6 heteroatoms. The van der Waals surface area contributed by atoms with Crippen molar-refractivity contribution in [2.45, 2.75) is 30.7 Å². The zero-order chi connectivity index (χ0) is 14.8. The lowest BCUT2D eigenvalue weighted by atomic mass is 10.2. The summed E-state index contributed by atoms with van der Waals surface area (Å²) in [5, 5.41) is 8.56. The summed E-state index contributed by atoms with van der Waals surface area (Å²) in [6.45, 7) is 1.44. The summed E-state index contributed by atoms with van der Waals surface area (Å²) < 4.78 is 40.5. The molecule has 1 aromatic rings. The third-order valence-electron chi connectivity index (χ3n) is 3.22. The summed E-state index contributed by atoms with van der Waals surface area (Å²) in [5.74, 6) is 4.40. The summed E-state index contributed by atoms with van der Waals surface area (Å²) in [6.07, 6.45) is 2.04. The number of halogens is 1. The highest BCUT2D eigenvalue weighted by Gasteiger charge is 2.31. The van der Waals surface area contributed by atoms with Gasteiger partial charge in [0.05, 0.1) is 10.5 Å². The van der Waals surface area contributed by atoms with Gasteiger partial charge in [-0.15, -0.1) is 0 Å². The molecule has 4 nitrogen and oxygen atoms in total. The smallest absolute Gasteiger partial charge is 0.240 e. The summed E-state index contributed by atoms with van der Waals surface area (Å²) in [6, 6.07) is 3.42. The molecule has 0 bridgehead atoms. The molecular weight excluding hydrogens is 281 g/mol. The summed E-state index contributed by atoms with van der Waals surface area (Å²) >= 11 is 0. The van der Waals surface area contributed by atoms with Gasteiger partial charge in [0.1, 0.15) is 12.4 Å². The Morgan fingerprint density at radius 1 is 1.50 bits per heavy atom. The fraction of sp³-hybridized carbons (Fsp3) is 0.429. The Labute approximate surface area is 118 Å². The Kier molecular flexibility index (Phi) is 4.43. The van der Waals surface area contributed by atoms with E-state index in [-0.39, 0.29) is 23.1 Å². The van der Waals surface area contributed by atoms with Crippen molar-refractivity contribution in [3.05, 3.63) is 29.6 Å². The Balaban J connectivity index is 2.21. The van der Waals surface area contributed by atoms with Gasteiger partial charge < -0.3 is 5.11 Å². The summed E-state index contributed by atoms with van der Waals surface area (Å²) in [7, 11) is -3.71. The predicted octanol–water partition coefficient (Wildman–Crippen LogP) is 1.25. The second-order valence-corrected chi connectivity index (χ2v) is 6.56. The molecule has 0 saturated heterocycles. The SMILES string of the molecule is CC(NS(=O)(=O)c1ccc(C#CCO)c(F)c1)C1CC1. The van der Waals surface area contributed by atoms with Gasteiger partial charge in [-0.25, -0.2) is 17.5 Å². The Morgan fingerprint density at radius 3 is 2.75 bits per heavy atom. The number of nitrogens with one attached hydrogen (secondary N) is 1. The molecule has 1 aliphatic rings. The molecule has 0 heterocycles. The molecular formula is C14H16FNO3S. The number of hydrogen-bond donors (Lipinski definition) is 2. The molecule has 1 aromatic carbocycles. The lowest BCUT2D eigenvalue weighted by Gasteiger charge is -2.13. The maximum absolute atomic E-state index is 13.7. The van der Waals surface area contributed by atoms with Crippen molar-refractivity contribution in [3.63, 3.8) is 0 Å². The fourth-order valence-corrected chi connectivity index (χ4v) is 3.23. The van der Waals surface area contributed by atoms with E-state index < -0.39 is 15.8 Å². The number of hydrogen-bond acceptors (Lipinski definition) is 3. The van der Waals surface area contributed by atoms with Gasteiger partial charge in [0, 0.05) is 6.04 Å². The van der Waals surface area contributed by atoms with E-state index in [1.807, 2.05) is 6.92 Å². The molecule has 1 unspecified atom stereocenters. The van der Waals surface area contributed by atoms with Gasteiger partial charge in [0.25, 0.3) is 0 Å². The van der Waals surface area contributed by atoms with E-state index in [2.05, 4.69) is 16.6 Å². The normalized spacial score (nSPS) is 16.4. The van der Waals surface area contributed by atoms with E-state index in [4.69, 9.17) is 5.11 Å². The molecule has 1 atom stereocenters. The first-order chi connectivity index (χ1) is 9.44. The van der Waals surface area contributed by atoms with Crippen molar-refractivity contribution in [1.82, 2.24) is 4.72 Å². The van der Waals surface area contributed by atoms with Gasteiger partial charge in [-0.1, -0.05) is 11.8 Å². The molecule has 1 aliphatic carbocycles. The van der Waals surface area contributed by atoms with Crippen molar-refractivity contribution in [3.8, 4) is 11.8 Å². The highest BCUT2D eigenvalue weighted by Crippen LogP contribution is 2.33. The second kappa shape index (κ2) is 5.92. The number of aliphatic hydroxyl groups excluding tert-OH is 1. The average molecular weight is 297 g/mol. The van der Waals surface area contributed by atoms with Crippen LogP contribution in [0.2, 0.25) is 0 Å². The summed E-state index contributed by atoms with van der Waals surface area (Å²) in [5.41, 5.74) is 0.0632. The van der Waals surface area contributed by atoms with E-state index >= 15 is 0 Å². The topological polar surface area (TPSA) is 66.4 Å². The van der Waals surface area contributed by atoms with E-state index in [9.17, 15) is 12.8 Å². The van der Waals surface area contributed by atoms with Crippen LogP contribution in [0.1, 0.15) is 25.3 Å². The molecule has 0 aromatic heterocycles. The molecule has 0 radical (unpaired) electrons. The molecule has 1 fully saturated rings. The van der Waals surface area contributed by atoms with Crippen LogP contribution in [0.5, 0.6) is 0 Å². The second-order valence-electron chi connectivity index (χ2n) is 4.85. The van der Waals surface area contributed by atoms with Crippen molar-refractivity contribution >= 4 is 10.0 Å². The van der Waals surface area contributed by atoms with Crippen LogP contribution in [0.3, 0.4) is 0 Å². The number of rotatable bonds is 4. The van der Waals surface area contributed by atoms with Crippen LogP contribution in [0.25, 0.3) is 0 Å². The van der Waals surface area contributed by atoms with Crippen LogP contribution in [-0.4, -0.2) is 26.2 Å². The minimum Gasteiger partial charge on any atom is -0.384 e. The predicted molar refractivity (Wildman–Crippen MR) is 72.9 cm³/mol. The Morgan fingerprint density at radius 2 is 2.20 bits per heavy atom. The molecule has 2 rings (SSSR count). The minimum absolute atomic E-state index is 0.0632. The van der Waals surface area contributed by atoms with E-state index in [1.54, 1.807) is 0 Å². The largest absolute Gasteiger partial charge is 0.384 e. The highest BCUT2D eigenvalue weighted by molar-refractivity contribution is 7.89. The fourth-order valence-electron chi connectivity index (χ4n) is 1.90. The monoisotopic (exact) mass is 297 g/mol. The molecule has 0 amide bonds. The van der Waals surface area contributed by atoms with E-state index in [0.29, 0.717) is 5.92 Å². The standard InChI is InChI=1S/C14H16FNO3S/c1-10(11-4-5-11)16-20(18,19)13-7-6-12(3-2-8-17)14(15)9-13/h6-7,9-11,16-17H,4-5,8H2,1H3. The lowest BCUT2D eigenvalue weighted by molar-refractivity contribution is 0.350. The van der Waals surface area contributed by atoms with Gasteiger partial charge in [-0.05, 0) is 43.9 Å². The average Bonchev–Trinajstić information content (AvgIpc) is 3.21. The maximum atomic E-state index is 13.7. The van der Waals surface area contributed by atoms with Crippen molar-refractivity contribution in [1.29, 1.82) is 0 Å². The van der Waals surface area contributed by atoms with Gasteiger partial charge in [-0.2, -0.15) is 0 Å². The summed E-state index contributed by atoms with van der Waals surface area (Å²) in [4.78, 5) is -0.114. The van der Waals surface area contributed by atoms with Crippen LogP contribution in [0.4, 0.5) is 4.39 Å². The molecule has 1 saturated carbocycles. The first kappa shape index (κ1) is 15.0. The zero-order valence-electron chi connectivity index (χ0n) is 11.1. The molecule has 108 valence electrons. The lowest BCUT2D eigenvalue weighted by Crippen LogP contribution is -2.34. The van der Waals surface area contributed by atoms with Gasteiger partial charge in [-0.3, -0.25) is 0 Å². The van der Waals surface area contributed by atoms with Crippen LogP contribution in [0.15, 0.2) is 23.1 Å². The van der Waals surface area contributed by atoms with E-state index in [1.165, 1.54) is 12.1 Å². The van der Waals surface area contributed by atoms with Crippen molar-refractivity contribution in [2.75, 3.05) is 6.61 Å². The Bertz CT molecular complexity index is 657. The number of aliphatic hydroxyl groups is 1. The number of benzene rings is 1. The van der Waals surface area contributed by atoms with Gasteiger partial charge in [0.15, 0.2) is 0 Å². The van der Waals surface area contributed by atoms with Crippen LogP contribution < -0.4 is 4.72 Å². The van der Waals surface area contributed by atoms with Crippen LogP contribution in [0, 0.1) is 23.6 Å². The third kappa shape index (κ3) is 3.57. The van der Waals surface area contributed by atoms with Crippen LogP contribution in [-0.2, 0) is 10.0 Å². The van der Waals surface area contributed by atoms with E-state index in [0.717, 1.165) is 18.9 Å². The maximum Gasteiger partial charge on any atom is 0.240 e. The van der Waals surface area contributed by atoms with Crippen molar-refractivity contribution < 1.29 is 17.9 Å². The molecule has 2 N–H and O–H groups in total. The van der Waals surface area contributed by atoms with Gasteiger partial charge in [0.2, 0.25) is 10.0 Å². The molecule has 0 aliphatic heterocycles.